The van der Waals surface area contributed by atoms with Crippen LogP contribution < -0.4 is 10.5 Å². The minimum Gasteiger partial charge on any atom is -0.492 e. The third-order valence-electron chi connectivity index (χ3n) is 2.76. The molecule has 0 amide bonds. The molecule has 0 saturated carbocycles. The number of nitrogens with two attached hydrogens (primary N) is 1. The van der Waals surface area contributed by atoms with Crippen LogP contribution in [0.5, 0.6) is 5.75 Å². The number of halogens is 1. The third-order valence-corrected chi connectivity index (χ3v) is 3.46. The van der Waals surface area contributed by atoms with E-state index in [2.05, 4.69) is 20.8 Å². The van der Waals surface area contributed by atoms with Crippen molar-refractivity contribution >= 4 is 33.1 Å². The summed E-state index contributed by atoms with van der Waals surface area (Å²) < 4.78 is 11.8. The summed E-state index contributed by atoms with van der Waals surface area (Å²) in [7, 11) is 1.70. The van der Waals surface area contributed by atoms with Crippen LogP contribution in [0, 0.1) is 0 Å². The predicted molar refractivity (Wildman–Crippen MR) is 89.4 cm³/mol. The van der Waals surface area contributed by atoms with E-state index < -0.39 is 0 Å². The van der Waals surface area contributed by atoms with E-state index in [1.807, 2.05) is 24.3 Å². The van der Waals surface area contributed by atoms with Gasteiger partial charge in [0.25, 0.3) is 0 Å². The Bertz CT molecular complexity index is 418. The number of hydrogen-bond donors (Lipinski definition) is 1. The molecule has 0 unspecified atom stereocenters. The molecule has 0 bridgehead atoms. The number of nitrogens with zero attached hydrogens (tertiary/aromatic N) is 1. The molecule has 1 rings (SSSR count). The Morgan fingerprint density at radius 2 is 2.05 bits per heavy atom. The number of ether oxygens (including phenoxy) is 2. The molecule has 0 aliphatic rings. The SMILES string of the molecule is COCCN(CCOc1cccc(Br)c1)CCC(N)=S. The highest BCUT2D eigenvalue weighted by Crippen LogP contribution is 2.17. The average molecular weight is 361 g/mol. The Hall–Kier alpha value is -0.690. The zero-order chi connectivity index (χ0) is 14.8. The van der Waals surface area contributed by atoms with Crippen LogP contribution in [-0.4, -0.2) is 49.8 Å². The van der Waals surface area contributed by atoms with Gasteiger partial charge < -0.3 is 15.2 Å². The molecule has 0 aromatic heterocycles. The first-order valence-corrected chi connectivity index (χ1v) is 7.70. The first-order chi connectivity index (χ1) is 9.61. The largest absolute Gasteiger partial charge is 0.492 e. The van der Waals surface area contributed by atoms with E-state index in [-0.39, 0.29) is 0 Å². The van der Waals surface area contributed by atoms with Crippen LogP contribution >= 0.6 is 28.1 Å². The fraction of sp³-hybridized carbons (Fsp3) is 0.500. The van der Waals surface area contributed by atoms with E-state index >= 15 is 0 Å². The third kappa shape index (κ3) is 7.79. The summed E-state index contributed by atoms with van der Waals surface area (Å²) in [6, 6.07) is 7.82. The number of rotatable bonds is 10. The summed E-state index contributed by atoms with van der Waals surface area (Å²) in [6.07, 6.45) is 0.718. The van der Waals surface area contributed by atoms with Crippen LogP contribution in [0.15, 0.2) is 28.7 Å². The number of benzene rings is 1. The first kappa shape index (κ1) is 17.4. The van der Waals surface area contributed by atoms with Crippen molar-refractivity contribution in [1.29, 1.82) is 0 Å². The topological polar surface area (TPSA) is 47.7 Å². The molecule has 1 aromatic carbocycles. The molecule has 112 valence electrons. The minimum atomic E-state index is 0.542. The van der Waals surface area contributed by atoms with Crippen molar-refractivity contribution in [2.75, 3.05) is 40.0 Å². The summed E-state index contributed by atoms with van der Waals surface area (Å²) in [5.74, 6) is 0.861. The summed E-state index contributed by atoms with van der Waals surface area (Å²) >= 11 is 8.34. The maximum Gasteiger partial charge on any atom is 0.120 e. The molecular formula is C14H21BrN2O2S. The average Bonchev–Trinajstić information content (AvgIpc) is 2.41. The smallest absolute Gasteiger partial charge is 0.120 e. The lowest BCUT2D eigenvalue weighted by molar-refractivity contribution is 0.136. The highest BCUT2D eigenvalue weighted by Gasteiger charge is 2.06. The number of methoxy groups -OCH3 is 1. The summed E-state index contributed by atoms with van der Waals surface area (Å²) in [6.45, 7) is 3.81. The van der Waals surface area contributed by atoms with Crippen LogP contribution in [0.1, 0.15) is 6.42 Å². The van der Waals surface area contributed by atoms with Gasteiger partial charge in [0.15, 0.2) is 0 Å². The first-order valence-electron chi connectivity index (χ1n) is 6.50. The van der Waals surface area contributed by atoms with Gasteiger partial charge in [-0.15, -0.1) is 0 Å². The molecule has 6 heteroatoms. The summed E-state index contributed by atoms with van der Waals surface area (Å²) in [4.78, 5) is 2.78. The zero-order valence-corrected chi connectivity index (χ0v) is 14.1. The monoisotopic (exact) mass is 360 g/mol. The molecule has 0 aliphatic carbocycles. The Labute approximate surface area is 134 Å². The van der Waals surface area contributed by atoms with Crippen molar-refractivity contribution in [1.82, 2.24) is 4.90 Å². The van der Waals surface area contributed by atoms with Crippen LogP contribution in [0.3, 0.4) is 0 Å². The van der Waals surface area contributed by atoms with Gasteiger partial charge >= 0.3 is 0 Å². The molecule has 2 N–H and O–H groups in total. The van der Waals surface area contributed by atoms with Crippen molar-refractivity contribution in [3.05, 3.63) is 28.7 Å². The molecule has 4 nitrogen and oxygen atoms in total. The van der Waals surface area contributed by atoms with Gasteiger partial charge in [-0.3, -0.25) is 4.90 Å². The Balaban J connectivity index is 2.34. The van der Waals surface area contributed by atoms with Crippen molar-refractivity contribution in [3.63, 3.8) is 0 Å². The minimum absolute atomic E-state index is 0.542. The molecule has 0 atom stereocenters. The van der Waals surface area contributed by atoms with Crippen LogP contribution in [0.2, 0.25) is 0 Å². The fourth-order valence-electron chi connectivity index (χ4n) is 1.67. The molecule has 0 fully saturated rings. The van der Waals surface area contributed by atoms with Gasteiger partial charge in [0.2, 0.25) is 0 Å². The molecule has 0 heterocycles. The molecule has 20 heavy (non-hydrogen) atoms. The van der Waals surface area contributed by atoms with Crippen molar-refractivity contribution in [2.45, 2.75) is 6.42 Å². The Kier molecular flexibility index (Phi) is 8.77. The van der Waals surface area contributed by atoms with Gasteiger partial charge in [0, 0.05) is 37.6 Å². The van der Waals surface area contributed by atoms with E-state index in [4.69, 9.17) is 27.4 Å². The second-order valence-electron chi connectivity index (χ2n) is 4.36. The van der Waals surface area contributed by atoms with E-state index in [0.717, 1.165) is 36.3 Å². The van der Waals surface area contributed by atoms with Gasteiger partial charge in [-0.25, -0.2) is 0 Å². The fourth-order valence-corrected chi connectivity index (χ4v) is 2.14. The van der Waals surface area contributed by atoms with E-state index in [1.165, 1.54) is 0 Å². The van der Waals surface area contributed by atoms with Crippen molar-refractivity contribution < 1.29 is 9.47 Å². The Morgan fingerprint density at radius 3 is 2.70 bits per heavy atom. The van der Waals surface area contributed by atoms with Crippen LogP contribution in [0.4, 0.5) is 0 Å². The molecule has 0 radical (unpaired) electrons. The number of hydrogen-bond acceptors (Lipinski definition) is 4. The van der Waals surface area contributed by atoms with Crippen molar-refractivity contribution in [3.8, 4) is 5.75 Å². The van der Waals surface area contributed by atoms with Gasteiger partial charge in [-0.05, 0) is 18.2 Å². The van der Waals surface area contributed by atoms with E-state index in [1.54, 1.807) is 7.11 Å². The predicted octanol–water partition coefficient (Wildman–Crippen LogP) is 2.45. The maximum atomic E-state index is 5.73. The summed E-state index contributed by atoms with van der Waals surface area (Å²) in [5.41, 5.74) is 5.54. The van der Waals surface area contributed by atoms with Gasteiger partial charge in [0.1, 0.15) is 12.4 Å². The quantitative estimate of drug-likeness (QED) is 0.649. The standard InChI is InChI=1S/C14H21BrN2O2S/c1-18-9-7-17(6-5-14(16)20)8-10-19-13-4-2-3-12(15)11-13/h2-4,11H,5-10H2,1H3,(H2,16,20). The maximum absolute atomic E-state index is 5.73. The second kappa shape index (κ2) is 10.1. The van der Waals surface area contributed by atoms with Gasteiger partial charge in [-0.1, -0.05) is 34.2 Å². The van der Waals surface area contributed by atoms with Crippen LogP contribution in [-0.2, 0) is 4.74 Å². The molecule has 0 aliphatic heterocycles. The van der Waals surface area contributed by atoms with Gasteiger partial charge in [-0.2, -0.15) is 0 Å². The highest BCUT2D eigenvalue weighted by atomic mass is 79.9. The van der Waals surface area contributed by atoms with E-state index in [9.17, 15) is 0 Å². The lowest BCUT2D eigenvalue weighted by Crippen LogP contribution is -2.34. The van der Waals surface area contributed by atoms with Crippen LogP contribution in [0.25, 0.3) is 0 Å². The zero-order valence-electron chi connectivity index (χ0n) is 11.7. The second-order valence-corrected chi connectivity index (χ2v) is 5.80. The lowest BCUT2D eigenvalue weighted by Gasteiger charge is -2.21. The highest BCUT2D eigenvalue weighted by molar-refractivity contribution is 9.10. The molecular weight excluding hydrogens is 340 g/mol. The lowest BCUT2D eigenvalue weighted by atomic mass is 10.3. The number of thiocarbonyl (C=S) groups is 1. The van der Waals surface area contributed by atoms with Crippen molar-refractivity contribution in [2.24, 2.45) is 5.73 Å². The Morgan fingerprint density at radius 1 is 1.30 bits per heavy atom. The molecule has 0 spiro atoms. The molecule has 0 saturated heterocycles. The summed E-state index contributed by atoms with van der Waals surface area (Å²) in [5, 5.41) is 0. The normalized spacial score (nSPS) is 10.8. The van der Waals surface area contributed by atoms with Gasteiger partial charge in [0.05, 0.1) is 11.6 Å². The van der Waals surface area contributed by atoms with E-state index in [0.29, 0.717) is 18.2 Å². The molecule has 1 aromatic rings.